The van der Waals surface area contributed by atoms with Crippen LogP contribution in [0.5, 0.6) is 0 Å². The first kappa shape index (κ1) is 24.6. The molecule has 1 amide bonds. The van der Waals surface area contributed by atoms with Crippen molar-refractivity contribution in [2.75, 3.05) is 16.2 Å². The van der Waals surface area contributed by atoms with Crippen molar-refractivity contribution in [1.29, 1.82) is 0 Å². The van der Waals surface area contributed by atoms with E-state index in [9.17, 15) is 23.3 Å². The van der Waals surface area contributed by atoms with Crippen molar-refractivity contribution in [1.82, 2.24) is 20.2 Å². The average molecular weight is 546 g/mol. The van der Waals surface area contributed by atoms with Crippen molar-refractivity contribution < 1.29 is 18.1 Å². The van der Waals surface area contributed by atoms with Crippen LogP contribution >= 0.6 is 0 Å². The van der Waals surface area contributed by atoms with Gasteiger partial charge in [-0.1, -0.05) is 12.1 Å². The molecule has 3 heterocycles. The van der Waals surface area contributed by atoms with Gasteiger partial charge in [0, 0.05) is 23.7 Å². The summed E-state index contributed by atoms with van der Waals surface area (Å²) in [7, 11) is -4.25. The molecule has 1 aliphatic rings. The molecule has 13 heteroatoms. The maximum Gasteiger partial charge on any atom is 0.289 e. The number of hydrogen-bond acceptors (Lipinski definition) is 7. The molecule has 0 atom stereocenters. The number of nitro groups is 1. The number of aromatic amines is 2. The van der Waals surface area contributed by atoms with Crippen LogP contribution in [0.2, 0.25) is 0 Å². The third-order valence-corrected chi connectivity index (χ3v) is 8.48. The third-order valence-electron chi connectivity index (χ3n) is 7.05. The lowest BCUT2D eigenvalue weighted by molar-refractivity contribution is -0.387. The van der Waals surface area contributed by atoms with Crippen LogP contribution in [-0.2, 0) is 20.2 Å². The molecule has 0 unspecified atom stereocenters. The Balaban J connectivity index is 1.40. The van der Waals surface area contributed by atoms with Crippen LogP contribution < -0.4 is 9.62 Å². The zero-order valence-corrected chi connectivity index (χ0v) is 22.0. The number of benzene rings is 3. The first-order valence-electron chi connectivity index (χ1n) is 12.1. The quantitative estimate of drug-likeness (QED) is 0.209. The Morgan fingerprint density at radius 3 is 2.62 bits per heavy atom. The summed E-state index contributed by atoms with van der Waals surface area (Å²) in [5, 5.41) is 19.3. The number of aromatic nitrogens is 4. The van der Waals surface area contributed by atoms with Gasteiger partial charge in [-0.2, -0.15) is 5.10 Å². The molecule has 0 saturated carbocycles. The van der Waals surface area contributed by atoms with Crippen molar-refractivity contribution in [3.05, 3.63) is 70.3 Å². The Labute approximate surface area is 222 Å². The van der Waals surface area contributed by atoms with Crippen LogP contribution in [0, 0.1) is 10.1 Å². The number of rotatable bonds is 6. The van der Waals surface area contributed by atoms with Crippen molar-refractivity contribution in [2.24, 2.45) is 0 Å². The number of nitro benzene ring substituents is 1. The number of para-hydroxylation sites is 1. The molecule has 39 heavy (non-hydrogen) atoms. The van der Waals surface area contributed by atoms with Gasteiger partial charge in [0.2, 0.25) is 5.91 Å². The summed E-state index contributed by atoms with van der Waals surface area (Å²) >= 11 is 0. The monoisotopic (exact) mass is 545 g/mol. The Morgan fingerprint density at radius 2 is 1.87 bits per heavy atom. The van der Waals surface area contributed by atoms with Crippen molar-refractivity contribution >= 4 is 54.9 Å². The normalized spacial score (nSPS) is 14.7. The van der Waals surface area contributed by atoms with Crippen LogP contribution in [0.3, 0.4) is 0 Å². The highest BCUT2D eigenvalue weighted by molar-refractivity contribution is 7.92. The van der Waals surface area contributed by atoms with Crippen molar-refractivity contribution in [2.45, 2.75) is 31.1 Å². The number of nitrogens with zero attached hydrogens (tertiary/aromatic N) is 4. The van der Waals surface area contributed by atoms with Gasteiger partial charge in [-0.3, -0.25) is 24.7 Å². The van der Waals surface area contributed by atoms with E-state index in [1.54, 1.807) is 17.0 Å². The van der Waals surface area contributed by atoms with E-state index in [4.69, 9.17) is 4.98 Å². The number of likely N-dealkylation sites (N-methyl/N-ethyl adjacent to an activating group) is 1. The van der Waals surface area contributed by atoms with Gasteiger partial charge < -0.3 is 9.88 Å². The molecule has 0 bridgehead atoms. The largest absolute Gasteiger partial charge is 0.337 e. The second kappa shape index (κ2) is 8.36. The minimum absolute atomic E-state index is 0.0435. The summed E-state index contributed by atoms with van der Waals surface area (Å²) in [5.41, 5.74) is 3.29. The number of carbonyl (C=O) groups is 1. The van der Waals surface area contributed by atoms with E-state index >= 15 is 0 Å². The molecule has 0 fully saturated rings. The number of H-pyrrole nitrogens is 2. The van der Waals surface area contributed by atoms with Gasteiger partial charge in [0.15, 0.2) is 10.7 Å². The summed E-state index contributed by atoms with van der Waals surface area (Å²) in [5.74, 6) is 0.507. The lowest BCUT2D eigenvalue weighted by Crippen LogP contribution is -2.35. The lowest BCUT2D eigenvalue weighted by atomic mass is 9.86. The fraction of sp³-hybridized carbons (Fsp3) is 0.192. The highest BCUT2D eigenvalue weighted by Crippen LogP contribution is 2.43. The molecule has 6 rings (SSSR count). The molecule has 1 aliphatic heterocycles. The first-order chi connectivity index (χ1) is 18.5. The predicted molar refractivity (Wildman–Crippen MR) is 146 cm³/mol. The van der Waals surface area contributed by atoms with Gasteiger partial charge in [-0.25, -0.2) is 13.4 Å². The second-order valence-corrected chi connectivity index (χ2v) is 11.5. The Hall–Kier alpha value is -4.78. The molecule has 12 nitrogen and oxygen atoms in total. The average Bonchev–Trinajstić information content (AvgIpc) is 3.55. The smallest absolute Gasteiger partial charge is 0.289 e. The van der Waals surface area contributed by atoms with E-state index in [2.05, 4.69) is 19.9 Å². The van der Waals surface area contributed by atoms with E-state index in [0.29, 0.717) is 34.5 Å². The maximum atomic E-state index is 13.0. The Morgan fingerprint density at radius 1 is 1.10 bits per heavy atom. The topological polar surface area (TPSA) is 167 Å². The van der Waals surface area contributed by atoms with Crippen LogP contribution in [0.1, 0.15) is 26.3 Å². The van der Waals surface area contributed by atoms with Gasteiger partial charge in [0.05, 0.1) is 32.6 Å². The van der Waals surface area contributed by atoms with E-state index in [1.807, 2.05) is 32.9 Å². The van der Waals surface area contributed by atoms with E-state index in [1.165, 1.54) is 24.3 Å². The molecule has 3 aromatic carbocycles. The summed E-state index contributed by atoms with van der Waals surface area (Å²) in [6, 6.07) is 13.8. The number of anilines is 2. The van der Waals surface area contributed by atoms with Crippen molar-refractivity contribution in [3.63, 3.8) is 0 Å². The third kappa shape index (κ3) is 3.73. The fourth-order valence-electron chi connectivity index (χ4n) is 5.06. The van der Waals surface area contributed by atoms with Crippen LogP contribution in [0.25, 0.3) is 33.5 Å². The molecule has 0 aliphatic carbocycles. The maximum absolute atomic E-state index is 13.0. The van der Waals surface area contributed by atoms with E-state index in [0.717, 1.165) is 22.8 Å². The summed E-state index contributed by atoms with van der Waals surface area (Å²) in [4.78, 5) is 32.8. The van der Waals surface area contributed by atoms with Crippen LogP contribution in [-0.4, -0.2) is 46.0 Å². The lowest BCUT2D eigenvalue weighted by Gasteiger charge is -2.18. The van der Waals surface area contributed by atoms with Gasteiger partial charge >= 0.3 is 0 Å². The highest BCUT2D eigenvalue weighted by atomic mass is 32.2. The molecule has 3 N–H and O–H groups in total. The molecular weight excluding hydrogens is 522 g/mol. The highest BCUT2D eigenvalue weighted by Gasteiger charge is 2.43. The minimum Gasteiger partial charge on any atom is -0.337 e. The van der Waals surface area contributed by atoms with Gasteiger partial charge in [-0.05, 0) is 62.7 Å². The molecular formula is C26H23N7O5S. The van der Waals surface area contributed by atoms with Gasteiger partial charge in [-0.15, -0.1) is 0 Å². The van der Waals surface area contributed by atoms with Crippen LogP contribution in [0.15, 0.2) is 59.5 Å². The standard InChI is InChI=1S/C26H23N7O5S/c1-4-32-21-13-19-18(12-16(21)26(2,3)25(32)34)27-24(28-19)23-15-11-14(9-10-17(15)29-30-23)31-39(37,38)22-8-6-5-7-20(22)33(35)36/h5-13,31H,4H2,1-3H3,(H,27,28)(H,29,30). The number of nitrogens with one attached hydrogen (secondary N) is 3. The summed E-state index contributed by atoms with van der Waals surface area (Å²) in [6.45, 7) is 6.29. The number of carbonyl (C=O) groups excluding carboxylic acids is 1. The van der Waals surface area contributed by atoms with Gasteiger partial charge in [0.25, 0.3) is 15.7 Å². The molecule has 198 valence electrons. The fourth-order valence-corrected chi connectivity index (χ4v) is 6.28. The van der Waals surface area contributed by atoms with Gasteiger partial charge in [0.1, 0.15) is 5.69 Å². The molecule has 5 aromatic rings. The summed E-state index contributed by atoms with van der Waals surface area (Å²) in [6.07, 6.45) is 0. The van der Waals surface area contributed by atoms with E-state index in [-0.39, 0.29) is 11.6 Å². The zero-order chi connectivity index (χ0) is 27.7. The molecule has 0 radical (unpaired) electrons. The van der Waals surface area contributed by atoms with E-state index < -0.39 is 30.9 Å². The SMILES string of the molecule is CCN1C(=O)C(C)(C)c2cc3[nH]c(-c4n[nH]c5ccc(NS(=O)(=O)c6ccccc6[N+](=O)[O-])cc45)nc3cc21. The number of hydrogen-bond donors (Lipinski definition) is 3. The second-order valence-electron chi connectivity index (χ2n) is 9.81. The minimum atomic E-state index is -4.25. The Kier molecular flexibility index (Phi) is 5.26. The predicted octanol–water partition coefficient (Wildman–Crippen LogP) is 4.46. The van der Waals surface area contributed by atoms with Crippen molar-refractivity contribution in [3.8, 4) is 11.5 Å². The Bertz CT molecular complexity index is 1940. The van der Waals surface area contributed by atoms with Crippen LogP contribution in [0.4, 0.5) is 17.1 Å². The summed E-state index contributed by atoms with van der Waals surface area (Å²) < 4.78 is 28.5. The number of sulfonamides is 1. The number of amides is 1. The first-order valence-corrected chi connectivity index (χ1v) is 13.6. The zero-order valence-electron chi connectivity index (χ0n) is 21.1. The molecule has 0 saturated heterocycles. The molecule has 0 spiro atoms. The number of imidazole rings is 1. The molecule has 2 aromatic heterocycles. The number of fused-ring (bicyclic) bond motifs is 3.